The fraction of sp³-hybridized carbons (Fsp3) is 0.286. The summed E-state index contributed by atoms with van der Waals surface area (Å²) in [5.74, 6) is -0.729. The van der Waals surface area contributed by atoms with E-state index < -0.39 is 22.6 Å². The van der Waals surface area contributed by atoms with E-state index in [2.05, 4.69) is 10.6 Å². The molecule has 5 rings (SSSR count). The van der Waals surface area contributed by atoms with Crippen molar-refractivity contribution in [2.75, 3.05) is 31.3 Å². The smallest absolute Gasteiger partial charge is 0.337 e. The van der Waals surface area contributed by atoms with Crippen LogP contribution in [0.4, 0.5) is 21.5 Å². The summed E-state index contributed by atoms with van der Waals surface area (Å²) in [7, 11) is 6.98. The predicted octanol–water partition coefficient (Wildman–Crippen LogP) is 1.22. The van der Waals surface area contributed by atoms with Crippen LogP contribution in [0.25, 0.3) is 16.7 Å². The second-order valence-electron chi connectivity index (χ2n) is 10.4. The molecule has 0 saturated heterocycles. The van der Waals surface area contributed by atoms with Gasteiger partial charge in [0.15, 0.2) is 0 Å². The minimum absolute atomic E-state index is 0.0607. The quantitative estimate of drug-likeness (QED) is 0.323. The first-order valence-corrected chi connectivity index (χ1v) is 13.0. The number of hydrogen-bond acceptors (Lipinski definition) is 6. The Morgan fingerprint density at radius 1 is 1.07 bits per heavy atom. The molecule has 2 aromatic carbocycles. The number of nitrogens with zero attached hydrogens (tertiary/aromatic N) is 4. The fourth-order valence-corrected chi connectivity index (χ4v) is 4.69. The second kappa shape index (κ2) is 10.6. The second-order valence-corrected chi connectivity index (χ2v) is 10.4. The molecule has 2 N–H and O–H groups in total. The normalized spacial score (nSPS) is 13.1. The third kappa shape index (κ3) is 5.22. The van der Waals surface area contributed by atoms with Crippen LogP contribution in [0.3, 0.4) is 0 Å². The molecule has 1 amide bonds. The van der Waals surface area contributed by atoms with E-state index in [1.807, 2.05) is 19.0 Å². The maximum atomic E-state index is 14.8. The molecule has 0 unspecified atom stereocenters. The zero-order valence-corrected chi connectivity index (χ0v) is 22.8. The molecule has 2 aromatic heterocycles. The average molecular weight is 544 g/mol. The lowest BCUT2D eigenvalue weighted by Crippen LogP contribution is -2.41. The topological polar surface area (TPSA) is 110 Å². The van der Waals surface area contributed by atoms with E-state index in [4.69, 9.17) is 0 Å². The zero-order chi connectivity index (χ0) is 28.7. The Labute approximate surface area is 230 Å². The van der Waals surface area contributed by atoms with Gasteiger partial charge < -0.3 is 15.5 Å². The lowest BCUT2D eigenvalue weighted by molar-refractivity contribution is -0.116. The molecule has 10 nitrogen and oxygen atoms in total. The molecule has 2 heterocycles. The molecule has 0 radical (unpaired) electrons. The first kappa shape index (κ1) is 27.1. The summed E-state index contributed by atoms with van der Waals surface area (Å²) in [5.41, 5.74) is 0.158. The average Bonchev–Trinajstić information content (AvgIpc) is 3.72. The third-order valence-corrected chi connectivity index (χ3v) is 6.93. The minimum Gasteiger partial charge on any atom is -0.352 e. The SMILES string of the molecule is Bc1ccc(Nc2cc(=O)n(C)c3c2c(=O)n(C2CC2)c(=O)n3-c2cccc(NC(=O)CCN(C)C)c2)c(F)c1. The highest BCUT2D eigenvalue weighted by Crippen LogP contribution is 2.33. The third-order valence-electron chi connectivity index (χ3n) is 6.93. The summed E-state index contributed by atoms with van der Waals surface area (Å²) in [4.78, 5) is 55.1. The Bertz CT molecular complexity index is 1820. The zero-order valence-electron chi connectivity index (χ0n) is 22.8. The first-order valence-electron chi connectivity index (χ1n) is 13.0. The van der Waals surface area contributed by atoms with E-state index in [9.17, 15) is 23.6 Å². The van der Waals surface area contributed by atoms with E-state index in [0.29, 0.717) is 30.8 Å². The van der Waals surface area contributed by atoms with Crippen LogP contribution < -0.4 is 32.9 Å². The van der Waals surface area contributed by atoms with Gasteiger partial charge in [-0.25, -0.2) is 13.8 Å². The van der Waals surface area contributed by atoms with Crippen LogP contribution in [0.2, 0.25) is 0 Å². The molecule has 1 aliphatic carbocycles. The molecule has 12 heteroatoms. The number of pyridine rings is 1. The maximum Gasteiger partial charge on any atom is 0.337 e. The molecular weight excluding hydrogens is 514 g/mol. The van der Waals surface area contributed by atoms with Gasteiger partial charge in [0, 0.05) is 37.8 Å². The number of nitrogens with one attached hydrogen (secondary N) is 2. The number of anilines is 3. The summed E-state index contributed by atoms with van der Waals surface area (Å²) in [6.07, 6.45) is 1.62. The molecule has 0 spiro atoms. The van der Waals surface area contributed by atoms with Crippen molar-refractivity contribution in [3.05, 3.63) is 85.5 Å². The van der Waals surface area contributed by atoms with Crippen LogP contribution in [-0.4, -0.2) is 53.0 Å². The summed E-state index contributed by atoms with van der Waals surface area (Å²) in [6, 6.07) is 12.2. The standard InChI is InChI=1S/C28H30BFN6O4/c1-33(2)12-11-23(37)31-17-5-4-6-19(14-17)35-26-25(27(39)36(28(35)40)18-8-9-18)22(15-24(38)34(26)3)32-21-10-7-16(29)13-20(21)30/h4-7,10,13-15,18,32H,8-9,11-12,29H2,1-3H3,(H,31,37). The Morgan fingerprint density at radius 2 is 1.82 bits per heavy atom. The summed E-state index contributed by atoms with van der Waals surface area (Å²) in [5, 5.41) is 5.84. The fourth-order valence-electron chi connectivity index (χ4n) is 4.69. The Balaban J connectivity index is 1.73. The molecule has 1 aliphatic rings. The molecule has 206 valence electrons. The van der Waals surface area contributed by atoms with Gasteiger partial charge in [-0.15, -0.1) is 0 Å². The molecule has 0 bridgehead atoms. The van der Waals surface area contributed by atoms with Crippen molar-refractivity contribution in [1.29, 1.82) is 0 Å². The molecule has 40 heavy (non-hydrogen) atoms. The molecule has 0 aliphatic heterocycles. The van der Waals surface area contributed by atoms with Gasteiger partial charge in [0.2, 0.25) is 5.91 Å². The van der Waals surface area contributed by atoms with E-state index in [0.717, 1.165) is 5.46 Å². The van der Waals surface area contributed by atoms with Gasteiger partial charge in [-0.3, -0.25) is 23.5 Å². The number of halogens is 1. The number of aryl methyl sites for hydroxylation is 1. The van der Waals surface area contributed by atoms with Crippen LogP contribution in [0.15, 0.2) is 62.9 Å². The van der Waals surface area contributed by atoms with Crippen LogP contribution in [0.5, 0.6) is 0 Å². The van der Waals surface area contributed by atoms with Gasteiger partial charge in [-0.1, -0.05) is 17.6 Å². The number of carbonyl (C=O) groups excluding carboxylic acids is 1. The lowest BCUT2D eigenvalue weighted by Gasteiger charge is -2.19. The monoisotopic (exact) mass is 544 g/mol. The van der Waals surface area contributed by atoms with Crippen LogP contribution >= 0.6 is 0 Å². The summed E-state index contributed by atoms with van der Waals surface area (Å²) in [6.45, 7) is 0.571. The number of fused-ring (bicyclic) bond motifs is 1. The Kier molecular flexibility index (Phi) is 7.20. The van der Waals surface area contributed by atoms with Crippen molar-refractivity contribution < 1.29 is 9.18 Å². The number of aromatic nitrogens is 3. The number of carbonyl (C=O) groups is 1. The number of hydrogen-bond donors (Lipinski definition) is 2. The van der Waals surface area contributed by atoms with E-state index in [-0.39, 0.29) is 40.8 Å². The molecule has 1 fully saturated rings. The highest BCUT2D eigenvalue weighted by Gasteiger charge is 2.31. The highest BCUT2D eigenvalue weighted by molar-refractivity contribution is 6.32. The van der Waals surface area contributed by atoms with Crippen molar-refractivity contribution in [3.63, 3.8) is 0 Å². The number of benzene rings is 2. The number of rotatable bonds is 8. The van der Waals surface area contributed by atoms with Crippen molar-refractivity contribution in [3.8, 4) is 5.69 Å². The molecular formula is C28H30BFN6O4. The van der Waals surface area contributed by atoms with Gasteiger partial charge in [-0.05, 0) is 57.3 Å². The van der Waals surface area contributed by atoms with Crippen LogP contribution in [0.1, 0.15) is 25.3 Å². The lowest BCUT2D eigenvalue weighted by atomic mass is 9.96. The molecule has 4 aromatic rings. The predicted molar refractivity (Wildman–Crippen MR) is 157 cm³/mol. The van der Waals surface area contributed by atoms with Crippen molar-refractivity contribution in [2.24, 2.45) is 7.05 Å². The van der Waals surface area contributed by atoms with E-state index >= 15 is 0 Å². The highest BCUT2D eigenvalue weighted by atomic mass is 19.1. The first-order chi connectivity index (χ1) is 19.0. The van der Waals surface area contributed by atoms with Crippen LogP contribution in [-0.2, 0) is 11.8 Å². The minimum atomic E-state index is -0.593. The van der Waals surface area contributed by atoms with E-state index in [1.54, 1.807) is 38.2 Å². The van der Waals surface area contributed by atoms with Crippen molar-refractivity contribution >= 4 is 47.3 Å². The molecule has 0 atom stereocenters. The summed E-state index contributed by atoms with van der Waals surface area (Å²) >= 11 is 0. The van der Waals surface area contributed by atoms with Gasteiger partial charge in [-0.2, -0.15) is 0 Å². The van der Waals surface area contributed by atoms with Crippen LogP contribution in [0, 0.1) is 5.82 Å². The van der Waals surface area contributed by atoms with Crippen molar-refractivity contribution in [2.45, 2.75) is 25.3 Å². The Hall–Kier alpha value is -4.45. The van der Waals surface area contributed by atoms with E-state index in [1.165, 1.54) is 38.9 Å². The van der Waals surface area contributed by atoms with Gasteiger partial charge in [0.1, 0.15) is 24.7 Å². The number of amides is 1. The molecule has 1 saturated carbocycles. The Morgan fingerprint density at radius 3 is 2.50 bits per heavy atom. The van der Waals surface area contributed by atoms with Gasteiger partial charge >= 0.3 is 5.69 Å². The van der Waals surface area contributed by atoms with Crippen molar-refractivity contribution in [1.82, 2.24) is 18.6 Å². The van der Waals surface area contributed by atoms with Gasteiger partial charge in [0.25, 0.3) is 11.1 Å². The van der Waals surface area contributed by atoms with Gasteiger partial charge in [0.05, 0.1) is 17.1 Å². The maximum absolute atomic E-state index is 14.8. The summed E-state index contributed by atoms with van der Waals surface area (Å²) < 4.78 is 18.5. The largest absolute Gasteiger partial charge is 0.352 e.